The van der Waals surface area contributed by atoms with Gasteiger partial charge in [-0.05, 0) is 30.2 Å². The summed E-state index contributed by atoms with van der Waals surface area (Å²) < 4.78 is 0. The van der Waals surface area contributed by atoms with Crippen LogP contribution in [0.15, 0.2) is 24.3 Å². The Labute approximate surface area is 108 Å². The van der Waals surface area contributed by atoms with Crippen LogP contribution in [-0.4, -0.2) is 11.5 Å². The van der Waals surface area contributed by atoms with Gasteiger partial charge in [0.05, 0.1) is 4.92 Å². The summed E-state index contributed by atoms with van der Waals surface area (Å²) in [5.74, 6) is 0. The fraction of sp³-hybridized carbons (Fsp3) is 0.571. The minimum atomic E-state index is -0.363. The lowest BCUT2D eigenvalue weighted by atomic mass is 10.0. The quantitative estimate of drug-likeness (QED) is 0.595. The molecular weight excluding hydrogens is 228 g/mol. The maximum Gasteiger partial charge on any atom is 0.269 e. The summed E-state index contributed by atoms with van der Waals surface area (Å²) in [5, 5.41) is 14.0. The molecule has 1 saturated carbocycles. The summed E-state index contributed by atoms with van der Waals surface area (Å²) >= 11 is 0. The van der Waals surface area contributed by atoms with E-state index in [4.69, 9.17) is 0 Å². The standard InChI is InChI=1S/C14H20N2O2/c1-2-7-14(8-9-14)11-15-10-12-3-5-13(6-4-12)16(17)18/h3-6,15H,2,7-11H2,1H3. The first-order chi connectivity index (χ1) is 8.65. The summed E-state index contributed by atoms with van der Waals surface area (Å²) in [6.07, 6.45) is 5.24. The summed E-state index contributed by atoms with van der Waals surface area (Å²) in [7, 11) is 0. The van der Waals surface area contributed by atoms with Crippen LogP contribution in [0.5, 0.6) is 0 Å². The van der Waals surface area contributed by atoms with E-state index < -0.39 is 0 Å². The van der Waals surface area contributed by atoms with Crippen molar-refractivity contribution < 1.29 is 4.92 Å². The lowest BCUT2D eigenvalue weighted by molar-refractivity contribution is -0.384. The van der Waals surface area contributed by atoms with Gasteiger partial charge in [-0.25, -0.2) is 0 Å². The molecule has 1 fully saturated rings. The zero-order valence-corrected chi connectivity index (χ0v) is 10.8. The smallest absolute Gasteiger partial charge is 0.269 e. The van der Waals surface area contributed by atoms with E-state index in [1.807, 2.05) is 12.1 Å². The van der Waals surface area contributed by atoms with Crippen LogP contribution in [0.4, 0.5) is 5.69 Å². The van der Waals surface area contributed by atoms with Gasteiger partial charge in [-0.3, -0.25) is 10.1 Å². The summed E-state index contributed by atoms with van der Waals surface area (Å²) in [4.78, 5) is 10.2. The van der Waals surface area contributed by atoms with Crippen LogP contribution in [0.1, 0.15) is 38.2 Å². The molecule has 2 rings (SSSR count). The second-order valence-corrected chi connectivity index (χ2v) is 5.28. The molecule has 0 radical (unpaired) electrons. The van der Waals surface area contributed by atoms with Crippen molar-refractivity contribution in [1.29, 1.82) is 0 Å². The first-order valence-electron chi connectivity index (χ1n) is 6.59. The molecule has 0 amide bonds. The minimum Gasteiger partial charge on any atom is -0.312 e. The van der Waals surface area contributed by atoms with Crippen LogP contribution in [0.25, 0.3) is 0 Å². The van der Waals surface area contributed by atoms with Crippen molar-refractivity contribution >= 4 is 5.69 Å². The Bertz CT molecular complexity index is 410. The zero-order chi connectivity index (χ0) is 13.0. The van der Waals surface area contributed by atoms with Gasteiger partial charge in [-0.1, -0.05) is 25.5 Å². The molecule has 0 spiro atoms. The van der Waals surface area contributed by atoms with Crippen LogP contribution >= 0.6 is 0 Å². The number of nitro groups is 1. The maximum absolute atomic E-state index is 10.5. The van der Waals surface area contributed by atoms with Gasteiger partial charge in [0.2, 0.25) is 0 Å². The van der Waals surface area contributed by atoms with Gasteiger partial charge in [-0.15, -0.1) is 0 Å². The van der Waals surface area contributed by atoms with E-state index >= 15 is 0 Å². The van der Waals surface area contributed by atoms with E-state index in [0.717, 1.165) is 18.7 Å². The highest BCUT2D eigenvalue weighted by molar-refractivity contribution is 5.32. The minimum absolute atomic E-state index is 0.156. The summed E-state index contributed by atoms with van der Waals surface area (Å²) in [6.45, 7) is 4.09. The Morgan fingerprint density at radius 2 is 2.00 bits per heavy atom. The topological polar surface area (TPSA) is 55.2 Å². The molecular formula is C14H20N2O2. The van der Waals surface area contributed by atoms with Crippen molar-refractivity contribution in [3.8, 4) is 0 Å². The largest absolute Gasteiger partial charge is 0.312 e. The fourth-order valence-electron chi connectivity index (χ4n) is 2.43. The normalized spacial score (nSPS) is 16.5. The predicted molar refractivity (Wildman–Crippen MR) is 71.4 cm³/mol. The van der Waals surface area contributed by atoms with Gasteiger partial charge < -0.3 is 5.32 Å². The van der Waals surface area contributed by atoms with Gasteiger partial charge >= 0.3 is 0 Å². The maximum atomic E-state index is 10.5. The predicted octanol–water partition coefficient (Wildman–Crippen LogP) is 3.26. The van der Waals surface area contributed by atoms with Crippen molar-refractivity contribution in [2.75, 3.05) is 6.54 Å². The van der Waals surface area contributed by atoms with E-state index in [2.05, 4.69) is 12.2 Å². The highest BCUT2D eigenvalue weighted by Gasteiger charge is 2.40. The SMILES string of the molecule is CCCC1(CNCc2ccc([N+](=O)[O-])cc2)CC1. The number of rotatable bonds is 7. The Morgan fingerprint density at radius 1 is 1.33 bits per heavy atom. The van der Waals surface area contributed by atoms with Gasteiger partial charge in [0.1, 0.15) is 0 Å². The lowest BCUT2D eigenvalue weighted by Gasteiger charge is -2.14. The van der Waals surface area contributed by atoms with Crippen molar-refractivity contribution in [2.24, 2.45) is 5.41 Å². The molecule has 0 aliphatic heterocycles. The van der Waals surface area contributed by atoms with Gasteiger partial charge in [0.25, 0.3) is 5.69 Å². The molecule has 1 aromatic carbocycles. The number of hydrogen-bond donors (Lipinski definition) is 1. The molecule has 18 heavy (non-hydrogen) atoms. The number of nitrogens with zero attached hydrogens (tertiary/aromatic N) is 1. The molecule has 0 heterocycles. The molecule has 1 aliphatic carbocycles. The summed E-state index contributed by atoms with van der Waals surface area (Å²) in [6, 6.07) is 6.78. The third kappa shape index (κ3) is 3.29. The van der Waals surface area contributed by atoms with E-state index in [9.17, 15) is 10.1 Å². The van der Waals surface area contributed by atoms with Gasteiger partial charge in [0.15, 0.2) is 0 Å². The van der Waals surface area contributed by atoms with Crippen molar-refractivity contribution in [3.63, 3.8) is 0 Å². The second-order valence-electron chi connectivity index (χ2n) is 5.28. The second kappa shape index (κ2) is 5.48. The molecule has 4 nitrogen and oxygen atoms in total. The Hall–Kier alpha value is -1.42. The first-order valence-corrected chi connectivity index (χ1v) is 6.59. The monoisotopic (exact) mass is 248 g/mol. The summed E-state index contributed by atoms with van der Waals surface area (Å²) in [5.41, 5.74) is 1.81. The molecule has 4 heteroatoms. The lowest BCUT2D eigenvalue weighted by Crippen LogP contribution is -2.23. The van der Waals surface area contributed by atoms with Crippen LogP contribution in [0.3, 0.4) is 0 Å². The van der Waals surface area contributed by atoms with Crippen LogP contribution < -0.4 is 5.32 Å². The number of nitro benzene ring substituents is 1. The molecule has 0 saturated heterocycles. The number of non-ortho nitro benzene ring substituents is 1. The Balaban J connectivity index is 1.78. The van der Waals surface area contributed by atoms with Crippen molar-refractivity contribution in [2.45, 2.75) is 39.2 Å². The molecule has 1 aliphatic rings. The van der Waals surface area contributed by atoms with Gasteiger partial charge in [-0.2, -0.15) is 0 Å². The van der Waals surface area contributed by atoms with Gasteiger partial charge in [0, 0.05) is 25.2 Å². The molecule has 98 valence electrons. The Morgan fingerprint density at radius 3 is 2.50 bits per heavy atom. The van der Waals surface area contributed by atoms with E-state index in [0.29, 0.717) is 5.41 Å². The molecule has 0 aromatic heterocycles. The molecule has 0 unspecified atom stereocenters. The van der Waals surface area contributed by atoms with Crippen molar-refractivity contribution in [1.82, 2.24) is 5.32 Å². The molecule has 0 atom stereocenters. The molecule has 0 bridgehead atoms. The van der Waals surface area contributed by atoms with E-state index in [1.54, 1.807) is 12.1 Å². The van der Waals surface area contributed by atoms with Crippen LogP contribution in [0, 0.1) is 15.5 Å². The average molecular weight is 248 g/mol. The highest BCUT2D eigenvalue weighted by Crippen LogP contribution is 2.48. The number of hydrogen-bond acceptors (Lipinski definition) is 3. The van der Waals surface area contributed by atoms with Crippen molar-refractivity contribution in [3.05, 3.63) is 39.9 Å². The third-order valence-corrected chi connectivity index (χ3v) is 3.71. The van der Waals surface area contributed by atoms with E-state index in [-0.39, 0.29) is 10.6 Å². The zero-order valence-electron chi connectivity index (χ0n) is 10.8. The Kier molecular flexibility index (Phi) is 3.97. The van der Waals surface area contributed by atoms with E-state index in [1.165, 1.54) is 25.7 Å². The average Bonchev–Trinajstić information content (AvgIpc) is 3.10. The van der Waals surface area contributed by atoms with Crippen LogP contribution in [-0.2, 0) is 6.54 Å². The first kappa shape index (κ1) is 13.0. The number of benzene rings is 1. The fourth-order valence-corrected chi connectivity index (χ4v) is 2.43. The third-order valence-electron chi connectivity index (χ3n) is 3.71. The number of nitrogens with one attached hydrogen (secondary N) is 1. The highest BCUT2D eigenvalue weighted by atomic mass is 16.6. The molecule has 1 N–H and O–H groups in total. The van der Waals surface area contributed by atoms with Crippen LogP contribution in [0.2, 0.25) is 0 Å². The molecule has 1 aromatic rings.